The van der Waals surface area contributed by atoms with Gasteiger partial charge in [-0.2, -0.15) is 27.1 Å². The highest BCUT2D eigenvalue weighted by Gasteiger charge is 2.22. The lowest BCUT2D eigenvalue weighted by Gasteiger charge is -2.24. The molecule has 144 valence electrons. The Bertz CT molecular complexity index is 1100. The number of nitrogens with zero attached hydrogens (tertiary/aromatic N) is 7. The summed E-state index contributed by atoms with van der Waals surface area (Å²) in [5, 5.41) is 13.6. The van der Waals surface area contributed by atoms with Crippen LogP contribution in [0, 0.1) is 0 Å². The van der Waals surface area contributed by atoms with Crippen molar-refractivity contribution in [2.75, 3.05) is 11.5 Å². The number of hydrogen-bond donors (Lipinski definition) is 0. The summed E-state index contributed by atoms with van der Waals surface area (Å²) >= 11 is 1.96. The maximum atomic E-state index is 4.98. The predicted octanol–water partition coefficient (Wildman–Crippen LogP) is 4.11. The van der Waals surface area contributed by atoms with Crippen LogP contribution < -0.4 is 0 Å². The van der Waals surface area contributed by atoms with Crippen LogP contribution in [0.3, 0.4) is 0 Å². The molecule has 0 spiro atoms. The fourth-order valence-corrected chi connectivity index (χ4v) is 4.40. The maximum absolute atomic E-state index is 4.98. The van der Waals surface area contributed by atoms with Gasteiger partial charge in [-0.15, -0.1) is 0 Å². The zero-order valence-electron chi connectivity index (χ0n) is 16.1. The van der Waals surface area contributed by atoms with Crippen LogP contribution in [0.1, 0.15) is 38.8 Å². The van der Waals surface area contributed by atoms with Crippen LogP contribution in [-0.2, 0) is 0 Å². The van der Waals surface area contributed by atoms with Gasteiger partial charge in [-0.3, -0.25) is 9.36 Å². The Morgan fingerprint density at radius 2 is 1.86 bits per heavy atom. The van der Waals surface area contributed by atoms with Gasteiger partial charge in [0.05, 0.1) is 53.8 Å². The van der Waals surface area contributed by atoms with Crippen LogP contribution in [0.5, 0.6) is 0 Å². The SMILES string of the molecule is CCC(CC)n1cc(-c2nc(-c3cnn(C4CSC4)c3)cn3nccc23)cn1. The zero-order valence-corrected chi connectivity index (χ0v) is 16.9. The molecule has 8 heteroatoms. The number of thioether (sulfide) groups is 1. The van der Waals surface area contributed by atoms with Crippen molar-refractivity contribution >= 4 is 17.3 Å². The molecule has 0 aliphatic carbocycles. The van der Waals surface area contributed by atoms with Gasteiger partial charge in [-0.1, -0.05) is 13.8 Å². The van der Waals surface area contributed by atoms with Gasteiger partial charge in [0.15, 0.2) is 0 Å². The number of fused-ring (bicyclic) bond motifs is 1. The number of rotatable bonds is 6. The summed E-state index contributed by atoms with van der Waals surface area (Å²) in [7, 11) is 0. The normalized spacial score (nSPS) is 14.8. The van der Waals surface area contributed by atoms with Gasteiger partial charge < -0.3 is 0 Å². The molecule has 0 amide bonds. The van der Waals surface area contributed by atoms with Crippen molar-refractivity contribution in [3.63, 3.8) is 0 Å². The van der Waals surface area contributed by atoms with E-state index in [9.17, 15) is 0 Å². The van der Waals surface area contributed by atoms with E-state index in [0.29, 0.717) is 12.1 Å². The van der Waals surface area contributed by atoms with Crippen molar-refractivity contribution < 1.29 is 0 Å². The summed E-state index contributed by atoms with van der Waals surface area (Å²) < 4.78 is 6.01. The zero-order chi connectivity index (χ0) is 19.1. The fourth-order valence-electron chi connectivity index (χ4n) is 3.65. The molecule has 1 aliphatic heterocycles. The van der Waals surface area contributed by atoms with E-state index in [0.717, 1.165) is 52.4 Å². The third-order valence-corrected chi connectivity index (χ3v) is 6.71. The number of aromatic nitrogens is 7. The first-order valence-corrected chi connectivity index (χ1v) is 10.9. The molecule has 0 bridgehead atoms. The molecule has 1 saturated heterocycles. The summed E-state index contributed by atoms with van der Waals surface area (Å²) in [5.41, 5.74) is 4.79. The molecule has 5 heterocycles. The van der Waals surface area contributed by atoms with E-state index in [1.54, 1.807) is 0 Å². The molecule has 4 aromatic rings. The van der Waals surface area contributed by atoms with Gasteiger partial charge in [0, 0.05) is 35.0 Å². The number of hydrogen-bond acceptors (Lipinski definition) is 5. The molecular weight excluding hydrogens is 370 g/mol. The van der Waals surface area contributed by atoms with Gasteiger partial charge in [-0.25, -0.2) is 9.50 Å². The summed E-state index contributed by atoms with van der Waals surface area (Å²) in [4.78, 5) is 4.98. The standard InChI is InChI=1S/C20H23N7S/c1-3-16(4-2)25-10-15(8-23-25)20-19-5-6-21-27(19)11-18(24-20)14-7-22-26(9-14)17-12-28-13-17/h5-11,16-17H,3-4,12-13H2,1-2H3. The predicted molar refractivity (Wildman–Crippen MR) is 111 cm³/mol. The molecule has 1 aliphatic rings. The van der Waals surface area contributed by atoms with Gasteiger partial charge in [-0.05, 0) is 18.9 Å². The average molecular weight is 394 g/mol. The van der Waals surface area contributed by atoms with E-state index in [1.165, 1.54) is 0 Å². The third-order valence-electron chi connectivity index (χ3n) is 5.47. The van der Waals surface area contributed by atoms with Crippen molar-refractivity contribution in [3.05, 3.63) is 43.2 Å². The fraction of sp³-hybridized carbons (Fsp3) is 0.400. The van der Waals surface area contributed by atoms with E-state index in [2.05, 4.69) is 50.9 Å². The minimum atomic E-state index is 0.413. The second kappa shape index (κ2) is 7.09. The summed E-state index contributed by atoms with van der Waals surface area (Å²) in [6.07, 6.45) is 13.9. The third kappa shape index (κ3) is 2.92. The first kappa shape index (κ1) is 17.5. The molecule has 0 aromatic carbocycles. The van der Waals surface area contributed by atoms with Crippen LogP contribution in [-0.4, -0.2) is 45.7 Å². The van der Waals surface area contributed by atoms with Crippen molar-refractivity contribution in [2.45, 2.75) is 38.8 Å². The molecular formula is C20H23N7S. The summed E-state index contributed by atoms with van der Waals surface area (Å²) in [5.74, 6) is 2.26. The summed E-state index contributed by atoms with van der Waals surface area (Å²) in [6.45, 7) is 4.39. The van der Waals surface area contributed by atoms with Gasteiger partial charge >= 0.3 is 0 Å². The first-order valence-electron chi connectivity index (χ1n) is 9.78. The van der Waals surface area contributed by atoms with Crippen molar-refractivity contribution in [1.29, 1.82) is 0 Å². The maximum Gasteiger partial charge on any atom is 0.0999 e. The molecule has 7 nitrogen and oxygen atoms in total. The minimum absolute atomic E-state index is 0.413. The molecule has 0 unspecified atom stereocenters. The monoisotopic (exact) mass is 393 g/mol. The Hall–Kier alpha value is -2.61. The Balaban J connectivity index is 1.57. The molecule has 1 fully saturated rings. The first-order chi connectivity index (χ1) is 13.8. The molecule has 0 N–H and O–H groups in total. The smallest absolute Gasteiger partial charge is 0.0999 e. The molecule has 0 saturated carbocycles. The topological polar surface area (TPSA) is 65.8 Å². The van der Waals surface area contributed by atoms with Crippen molar-refractivity contribution in [3.8, 4) is 22.5 Å². The van der Waals surface area contributed by atoms with Gasteiger partial charge in [0.2, 0.25) is 0 Å². The second-order valence-corrected chi connectivity index (χ2v) is 8.29. The Morgan fingerprint density at radius 1 is 1.04 bits per heavy atom. The minimum Gasteiger partial charge on any atom is -0.269 e. The summed E-state index contributed by atoms with van der Waals surface area (Å²) in [6, 6.07) is 2.91. The van der Waals surface area contributed by atoms with Crippen molar-refractivity contribution in [1.82, 2.24) is 34.2 Å². The van der Waals surface area contributed by atoms with Crippen LogP contribution in [0.4, 0.5) is 0 Å². The van der Waals surface area contributed by atoms with E-state index < -0.39 is 0 Å². The highest BCUT2D eigenvalue weighted by molar-refractivity contribution is 8.00. The Labute approximate surface area is 167 Å². The Kier molecular flexibility index (Phi) is 4.43. The van der Waals surface area contributed by atoms with Crippen LogP contribution in [0.2, 0.25) is 0 Å². The molecule has 5 rings (SSSR count). The quantitative estimate of drug-likeness (QED) is 0.493. The van der Waals surface area contributed by atoms with Crippen LogP contribution in [0.15, 0.2) is 43.2 Å². The molecule has 0 atom stereocenters. The van der Waals surface area contributed by atoms with E-state index >= 15 is 0 Å². The van der Waals surface area contributed by atoms with Gasteiger partial charge in [0.25, 0.3) is 0 Å². The Morgan fingerprint density at radius 3 is 2.61 bits per heavy atom. The van der Waals surface area contributed by atoms with Crippen molar-refractivity contribution in [2.24, 2.45) is 0 Å². The lowest BCUT2D eigenvalue weighted by atomic mass is 10.1. The highest BCUT2D eigenvalue weighted by atomic mass is 32.2. The largest absolute Gasteiger partial charge is 0.269 e. The molecule has 4 aromatic heterocycles. The molecule has 28 heavy (non-hydrogen) atoms. The van der Waals surface area contributed by atoms with Gasteiger partial charge in [0.1, 0.15) is 0 Å². The van der Waals surface area contributed by atoms with Crippen LogP contribution in [0.25, 0.3) is 28.0 Å². The highest BCUT2D eigenvalue weighted by Crippen LogP contribution is 2.31. The van der Waals surface area contributed by atoms with E-state index in [-0.39, 0.29) is 0 Å². The molecule has 0 radical (unpaired) electrons. The lowest BCUT2D eigenvalue weighted by Crippen LogP contribution is -2.22. The average Bonchev–Trinajstić information content (AvgIpc) is 3.41. The van der Waals surface area contributed by atoms with Crippen LogP contribution >= 0.6 is 11.8 Å². The second-order valence-electron chi connectivity index (χ2n) is 7.22. The van der Waals surface area contributed by atoms with E-state index in [1.807, 2.05) is 47.1 Å². The van der Waals surface area contributed by atoms with E-state index in [4.69, 9.17) is 4.98 Å². The lowest BCUT2D eigenvalue weighted by molar-refractivity contribution is 0.428.